The van der Waals surface area contributed by atoms with Crippen LogP contribution >= 0.6 is 0 Å². The van der Waals surface area contributed by atoms with Gasteiger partial charge in [0.05, 0.1) is 0 Å². The summed E-state index contributed by atoms with van der Waals surface area (Å²) in [6.07, 6.45) is 16.0. The average Bonchev–Trinajstić information content (AvgIpc) is 2.92. The smallest absolute Gasteiger partial charge is 0.0431 e. The van der Waals surface area contributed by atoms with E-state index in [9.17, 15) is 0 Å². The van der Waals surface area contributed by atoms with Crippen LogP contribution in [-0.2, 0) is 12.8 Å². The number of allylic oxidation sites excluding steroid dienone is 5. The zero-order valence-electron chi connectivity index (χ0n) is 11.2. The van der Waals surface area contributed by atoms with E-state index in [0.29, 0.717) is 0 Å². The van der Waals surface area contributed by atoms with Gasteiger partial charge >= 0.3 is 0 Å². The standard InChI is InChI=1S/C18H19N/c1-2-6-14(5-1)11-15-12-16-7-3-9-19-10-4-8-17(13-15)18(16)19/h1-2,5-6,11-13H,3-4,7-10H2. The molecule has 0 unspecified atom stereocenters. The maximum atomic E-state index is 2.60. The Hall–Kier alpha value is -1.76. The zero-order valence-corrected chi connectivity index (χ0v) is 11.2. The van der Waals surface area contributed by atoms with Crippen molar-refractivity contribution in [2.24, 2.45) is 0 Å². The Balaban J connectivity index is 1.81. The first-order chi connectivity index (χ1) is 9.40. The van der Waals surface area contributed by atoms with Crippen molar-refractivity contribution in [3.8, 4) is 0 Å². The summed E-state index contributed by atoms with van der Waals surface area (Å²) in [4.78, 5) is 2.60. The van der Waals surface area contributed by atoms with E-state index >= 15 is 0 Å². The minimum atomic E-state index is 1.25. The first-order valence-corrected chi connectivity index (χ1v) is 7.37. The van der Waals surface area contributed by atoms with Crippen LogP contribution in [-0.4, -0.2) is 13.1 Å². The van der Waals surface area contributed by atoms with Gasteiger partial charge in [0.25, 0.3) is 0 Å². The molecule has 19 heavy (non-hydrogen) atoms. The van der Waals surface area contributed by atoms with Gasteiger partial charge in [-0.25, -0.2) is 0 Å². The zero-order chi connectivity index (χ0) is 12.7. The molecule has 1 heteroatoms. The first-order valence-electron chi connectivity index (χ1n) is 7.37. The van der Waals surface area contributed by atoms with Gasteiger partial charge in [-0.15, -0.1) is 0 Å². The highest BCUT2D eigenvalue weighted by Gasteiger charge is 2.23. The molecule has 0 saturated heterocycles. The summed E-state index contributed by atoms with van der Waals surface area (Å²) in [5.74, 6) is 0. The number of hydrogen-bond donors (Lipinski definition) is 0. The van der Waals surface area contributed by atoms with E-state index in [0.717, 1.165) is 0 Å². The fourth-order valence-electron chi connectivity index (χ4n) is 3.59. The van der Waals surface area contributed by atoms with E-state index in [1.165, 1.54) is 49.9 Å². The molecular weight excluding hydrogens is 230 g/mol. The summed E-state index contributed by atoms with van der Waals surface area (Å²) in [5, 5.41) is 0. The second-order valence-electron chi connectivity index (χ2n) is 5.74. The molecule has 4 rings (SSSR count). The molecule has 0 spiro atoms. The van der Waals surface area contributed by atoms with Gasteiger partial charge in [0.15, 0.2) is 0 Å². The predicted octanol–water partition coefficient (Wildman–Crippen LogP) is 3.89. The lowest BCUT2D eigenvalue weighted by atomic mass is 9.90. The van der Waals surface area contributed by atoms with Gasteiger partial charge in [0.2, 0.25) is 0 Å². The topological polar surface area (TPSA) is 3.24 Å². The van der Waals surface area contributed by atoms with Crippen molar-refractivity contribution in [3.63, 3.8) is 0 Å². The number of rotatable bonds is 1. The Morgan fingerprint density at radius 3 is 2.16 bits per heavy atom. The number of hydrogen-bond acceptors (Lipinski definition) is 1. The molecule has 0 fully saturated rings. The molecule has 1 aromatic rings. The molecule has 0 radical (unpaired) electrons. The Morgan fingerprint density at radius 1 is 0.895 bits per heavy atom. The minimum absolute atomic E-state index is 1.25. The molecule has 0 saturated carbocycles. The normalized spacial score (nSPS) is 19.8. The van der Waals surface area contributed by atoms with Gasteiger partial charge in [-0.3, -0.25) is 0 Å². The van der Waals surface area contributed by atoms with Crippen LogP contribution in [0.1, 0.15) is 29.5 Å². The van der Waals surface area contributed by atoms with Crippen molar-refractivity contribution in [1.82, 2.24) is 0 Å². The molecule has 1 aliphatic carbocycles. The molecule has 0 amide bonds. The number of nitrogens with zero attached hydrogens (tertiary/aromatic N) is 1. The third kappa shape index (κ3) is 1.94. The number of benzene rings is 1. The molecule has 3 aliphatic rings. The van der Waals surface area contributed by atoms with Crippen molar-refractivity contribution in [3.05, 3.63) is 58.7 Å². The van der Waals surface area contributed by atoms with E-state index in [2.05, 4.69) is 47.4 Å². The molecule has 0 N–H and O–H groups in total. The second kappa shape index (κ2) is 4.41. The van der Waals surface area contributed by atoms with E-state index in [1.54, 1.807) is 16.8 Å². The van der Waals surface area contributed by atoms with Crippen LogP contribution in [0.4, 0.5) is 5.69 Å². The fourth-order valence-corrected chi connectivity index (χ4v) is 3.59. The van der Waals surface area contributed by atoms with Crippen molar-refractivity contribution < 1.29 is 0 Å². The van der Waals surface area contributed by atoms with Gasteiger partial charge in [-0.1, -0.05) is 24.3 Å². The third-order valence-electron chi connectivity index (χ3n) is 4.38. The van der Waals surface area contributed by atoms with Gasteiger partial charge in [0, 0.05) is 18.8 Å². The highest BCUT2D eigenvalue weighted by atomic mass is 15.1. The van der Waals surface area contributed by atoms with Crippen LogP contribution in [0.2, 0.25) is 0 Å². The summed E-state index contributed by atoms with van der Waals surface area (Å²) in [7, 11) is 0. The van der Waals surface area contributed by atoms with Crippen molar-refractivity contribution in [2.45, 2.75) is 25.7 Å². The molecular formula is C18H19N. The Bertz CT molecular complexity index is 559. The summed E-state index contributed by atoms with van der Waals surface area (Å²) < 4.78 is 0. The number of anilines is 1. The summed E-state index contributed by atoms with van der Waals surface area (Å²) in [6.45, 7) is 2.51. The molecule has 96 valence electrons. The highest BCUT2D eigenvalue weighted by molar-refractivity contribution is 5.70. The fraction of sp³-hybridized carbons (Fsp3) is 0.333. The second-order valence-corrected chi connectivity index (χ2v) is 5.74. The maximum absolute atomic E-state index is 2.60. The van der Waals surface area contributed by atoms with E-state index in [-0.39, 0.29) is 0 Å². The van der Waals surface area contributed by atoms with Gasteiger partial charge in [-0.05, 0) is 66.2 Å². The van der Waals surface area contributed by atoms with E-state index in [4.69, 9.17) is 0 Å². The monoisotopic (exact) mass is 249 g/mol. The Labute approximate surface area is 114 Å². The molecule has 1 nitrogen and oxygen atoms in total. The van der Waals surface area contributed by atoms with Crippen LogP contribution in [0.5, 0.6) is 0 Å². The summed E-state index contributed by atoms with van der Waals surface area (Å²) in [6, 6.07) is 4.81. The molecule has 2 heterocycles. The van der Waals surface area contributed by atoms with E-state index < -0.39 is 0 Å². The molecule has 0 bridgehead atoms. The van der Waals surface area contributed by atoms with E-state index in [1.807, 2.05) is 0 Å². The van der Waals surface area contributed by atoms with Gasteiger partial charge in [-0.2, -0.15) is 0 Å². The first kappa shape index (κ1) is 11.1. The summed E-state index contributed by atoms with van der Waals surface area (Å²) >= 11 is 0. The molecule has 0 aromatic heterocycles. The average molecular weight is 249 g/mol. The van der Waals surface area contributed by atoms with Crippen molar-refractivity contribution >= 4 is 11.8 Å². The molecule has 1 aromatic carbocycles. The van der Waals surface area contributed by atoms with Crippen LogP contribution < -0.4 is 4.90 Å². The van der Waals surface area contributed by atoms with Crippen LogP contribution in [0.25, 0.3) is 6.08 Å². The quantitative estimate of drug-likeness (QED) is 0.729. The SMILES string of the molecule is C1=CC(=Cc2cc3c4c(c2)CCCN4CCC3)C=C1. The number of aryl methyl sites for hydroxylation is 2. The Morgan fingerprint density at radius 2 is 1.53 bits per heavy atom. The van der Waals surface area contributed by atoms with Crippen molar-refractivity contribution in [1.29, 1.82) is 0 Å². The molecule has 2 aliphatic heterocycles. The highest BCUT2D eigenvalue weighted by Crippen LogP contribution is 2.36. The van der Waals surface area contributed by atoms with Crippen LogP contribution in [0, 0.1) is 0 Å². The lowest BCUT2D eigenvalue weighted by molar-refractivity contribution is 0.634. The van der Waals surface area contributed by atoms with Crippen LogP contribution in [0.3, 0.4) is 0 Å². The largest absolute Gasteiger partial charge is 0.371 e. The lowest BCUT2D eigenvalue weighted by Gasteiger charge is -2.37. The minimum Gasteiger partial charge on any atom is -0.371 e. The predicted molar refractivity (Wildman–Crippen MR) is 81.6 cm³/mol. The van der Waals surface area contributed by atoms with Crippen molar-refractivity contribution in [2.75, 3.05) is 18.0 Å². The third-order valence-corrected chi connectivity index (χ3v) is 4.38. The van der Waals surface area contributed by atoms with Gasteiger partial charge < -0.3 is 4.90 Å². The van der Waals surface area contributed by atoms with Gasteiger partial charge in [0.1, 0.15) is 0 Å². The lowest BCUT2D eigenvalue weighted by Crippen LogP contribution is -2.34. The molecule has 0 atom stereocenters. The maximum Gasteiger partial charge on any atom is 0.0431 e. The summed E-state index contributed by atoms with van der Waals surface area (Å²) in [5.41, 5.74) is 7.40. The Kier molecular flexibility index (Phi) is 2.58. The van der Waals surface area contributed by atoms with Crippen LogP contribution in [0.15, 0.2) is 42.0 Å².